The summed E-state index contributed by atoms with van der Waals surface area (Å²) in [6, 6.07) is 4.01. The third kappa shape index (κ3) is 3.85. The Kier molecular flexibility index (Phi) is 4.78. The van der Waals surface area contributed by atoms with Gasteiger partial charge in [0.1, 0.15) is 5.76 Å². The highest BCUT2D eigenvalue weighted by atomic mass is 32.2. The first-order valence-electron chi connectivity index (χ1n) is 5.92. The fourth-order valence-corrected chi connectivity index (χ4v) is 2.26. The van der Waals surface area contributed by atoms with Crippen LogP contribution in [0.3, 0.4) is 0 Å². The van der Waals surface area contributed by atoms with E-state index in [9.17, 15) is 0 Å². The Morgan fingerprint density at radius 3 is 2.94 bits per heavy atom. The molecule has 2 aromatic rings. The summed E-state index contributed by atoms with van der Waals surface area (Å²) < 4.78 is 5.49. The fraction of sp³-hybridized carbons (Fsp3) is 0.385. The van der Waals surface area contributed by atoms with Crippen LogP contribution in [-0.2, 0) is 6.54 Å². The second-order valence-electron chi connectivity index (χ2n) is 4.01. The molecule has 0 spiro atoms. The molecule has 2 rings (SSSR count). The summed E-state index contributed by atoms with van der Waals surface area (Å²) in [7, 11) is 0. The molecule has 0 saturated heterocycles. The Morgan fingerprint density at radius 1 is 1.39 bits per heavy atom. The van der Waals surface area contributed by atoms with Gasteiger partial charge in [-0.15, -0.1) is 0 Å². The highest BCUT2D eigenvalue weighted by Crippen LogP contribution is 2.19. The smallest absolute Gasteiger partial charge is 0.256 e. The Morgan fingerprint density at radius 2 is 2.28 bits per heavy atom. The van der Waals surface area contributed by atoms with Crippen molar-refractivity contribution in [3.05, 3.63) is 41.5 Å². The van der Waals surface area contributed by atoms with E-state index in [4.69, 9.17) is 4.42 Å². The van der Waals surface area contributed by atoms with Crippen molar-refractivity contribution in [2.45, 2.75) is 25.6 Å². The van der Waals surface area contributed by atoms with Crippen LogP contribution in [0, 0.1) is 13.8 Å². The normalized spacial score (nSPS) is 10.8. The van der Waals surface area contributed by atoms with E-state index in [0.717, 1.165) is 35.5 Å². The molecule has 1 N–H and O–H groups in total. The van der Waals surface area contributed by atoms with Gasteiger partial charge in [-0.05, 0) is 25.5 Å². The van der Waals surface area contributed by atoms with Crippen LogP contribution in [0.5, 0.6) is 0 Å². The van der Waals surface area contributed by atoms with Crippen LogP contribution in [0.15, 0.2) is 34.2 Å². The topological polar surface area (TPSA) is 51.0 Å². The molecule has 0 unspecified atom stereocenters. The van der Waals surface area contributed by atoms with E-state index >= 15 is 0 Å². The highest BCUT2D eigenvalue weighted by molar-refractivity contribution is 7.99. The third-order valence-corrected chi connectivity index (χ3v) is 3.40. The molecule has 0 radical (unpaired) electrons. The molecule has 2 aromatic heterocycles. The summed E-state index contributed by atoms with van der Waals surface area (Å²) in [6.07, 6.45) is 3.66. The molecule has 0 aliphatic rings. The number of hydrogen-bond acceptors (Lipinski definition) is 5. The summed E-state index contributed by atoms with van der Waals surface area (Å²) in [4.78, 5) is 8.40. The van der Waals surface area contributed by atoms with Gasteiger partial charge in [-0.3, -0.25) is 4.98 Å². The van der Waals surface area contributed by atoms with Crippen LogP contribution in [0.1, 0.15) is 17.0 Å². The molecule has 18 heavy (non-hydrogen) atoms. The van der Waals surface area contributed by atoms with Crippen molar-refractivity contribution < 1.29 is 4.42 Å². The quantitative estimate of drug-likeness (QED) is 0.641. The Balaban J connectivity index is 1.64. The maximum absolute atomic E-state index is 5.49. The van der Waals surface area contributed by atoms with E-state index in [1.54, 1.807) is 18.0 Å². The monoisotopic (exact) mass is 263 g/mol. The van der Waals surface area contributed by atoms with Crippen LogP contribution in [0.25, 0.3) is 0 Å². The number of aryl methyl sites for hydroxylation is 2. The molecule has 5 heteroatoms. The van der Waals surface area contributed by atoms with E-state index in [-0.39, 0.29) is 0 Å². The number of aromatic nitrogens is 2. The molecule has 4 nitrogen and oxygen atoms in total. The van der Waals surface area contributed by atoms with Crippen molar-refractivity contribution in [3.8, 4) is 0 Å². The van der Waals surface area contributed by atoms with Crippen LogP contribution >= 0.6 is 11.8 Å². The van der Waals surface area contributed by atoms with Crippen LogP contribution in [-0.4, -0.2) is 22.3 Å². The van der Waals surface area contributed by atoms with Crippen LogP contribution in [0.4, 0.5) is 0 Å². The highest BCUT2D eigenvalue weighted by Gasteiger charge is 2.05. The maximum Gasteiger partial charge on any atom is 0.256 e. The van der Waals surface area contributed by atoms with E-state index in [1.807, 2.05) is 26.1 Å². The minimum atomic E-state index is 0.758. The molecule has 0 aliphatic carbocycles. The molecule has 0 fully saturated rings. The molecule has 0 amide bonds. The molecule has 0 aromatic carbocycles. The molecule has 2 heterocycles. The maximum atomic E-state index is 5.49. The second kappa shape index (κ2) is 6.56. The van der Waals surface area contributed by atoms with Crippen molar-refractivity contribution in [1.82, 2.24) is 15.3 Å². The number of nitrogens with zero attached hydrogens (tertiary/aromatic N) is 2. The summed E-state index contributed by atoms with van der Waals surface area (Å²) in [5.41, 5.74) is 2.17. The number of pyridine rings is 1. The Labute approximate surface area is 111 Å². The van der Waals surface area contributed by atoms with Gasteiger partial charge in [0.05, 0.1) is 5.69 Å². The van der Waals surface area contributed by atoms with E-state index in [2.05, 4.69) is 21.4 Å². The molecular formula is C13H17N3OS. The lowest BCUT2D eigenvalue weighted by molar-refractivity contribution is 0.431. The molecule has 96 valence electrons. The van der Waals surface area contributed by atoms with E-state index in [0.29, 0.717) is 0 Å². The standard InChI is InChI=1S/C13H17N3OS/c1-10-11(2)17-13(16-10)18-7-6-15-9-12-4-3-5-14-8-12/h3-5,8,15H,6-7,9H2,1-2H3. The van der Waals surface area contributed by atoms with Crippen LogP contribution in [0.2, 0.25) is 0 Å². The molecule has 0 aliphatic heterocycles. The van der Waals surface area contributed by atoms with Crippen molar-refractivity contribution in [3.63, 3.8) is 0 Å². The number of oxazole rings is 1. The Bertz CT molecular complexity index is 465. The van der Waals surface area contributed by atoms with Crippen molar-refractivity contribution >= 4 is 11.8 Å². The van der Waals surface area contributed by atoms with Crippen LogP contribution < -0.4 is 5.32 Å². The van der Waals surface area contributed by atoms with Gasteiger partial charge in [0, 0.05) is 31.2 Å². The van der Waals surface area contributed by atoms with Crippen molar-refractivity contribution in [2.24, 2.45) is 0 Å². The number of hydrogen-bond donors (Lipinski definition) is 1. The SMILES string of the molecule is Cc1nc(SCCNCc2cccnc2)oc1C. The van der Waals surface area contributed by atoms with Gasteiger partial charge in [-0.25, -0.2) is 4.98 Å². The summed E-state index contributed by atoms with van der Waals surface area (Å²) >= 11 is 1.63. The first kappa shape index (κ1) is 13.1. The molecule has 0 atom stereocenters. The largest absolute Gasteiger partial charge is 0.437 e. The average Bonchev–Trinajstić information content (AvgIpc) is 2.70. The summed E-state index contributed by atoms with van der Waals surface area (Å²) in [5.74, 6) is 1.85. The zero-order chi connectivity index (χ0) is 12.8. The second-order valence-corrected chi connectivity index (χ2v) is 5.05. The zero-order valence-corrected chi connectivity index (χ0v) is 11.5. The summed E-state index contributed by atoms with van der Waals surface area (Å²) in [6.45, 7) is 5.66. The lowest BCUT2D eigenvalue weighted by Crippen LogP contribution is -2.16. The van der Waals surface area contributed by atoms with Crippen molar-refractivity contribution in [2.75, 3.05) is 12.3 Å². The first-order chi connectivity index (χ1) is 8.75. The van der Waals surface area contributed by atoms with Gasteiger partial charge in [0.25, 0.3) is 5.22 Å². The van der Waals surface area contributed by atoms with Gasteiger partial charge in [0.2, 0.25) is 0 Å². The minimum Gasteiger partial charge on any atom is -0.437 e. The number of rotatable bonds is 6. The summed E-state index contributed by atoms with van der Waals surface area (Å²) in [5, 5.41) is 4.12. The predicted molar refractivity (Wildman–Crippen MR) is 72.6 cm³/mol. The van der Waals surface area contributed by atoms with Crippen molar-refractivity contribution in [1.29, 1.82) is 0 Å². The Hall–Kier alpha value is -1.33. The fourth-order valence-electron chi connectivity index (χ4n) is 1.45. The van der Waals surface area contributed by atoms with Gasteiger partial charge in [-0.1, -0.05) is 17.8 Å². The van der Waals surface area contributed by atoms with Gasteiger partial charge >= 0.3 is 0 Å². The minimum absolute atomic E-state index is 0.758. The zero-order valence-electron chi connectivity index (χ0n) is 10.6. The molecule has 0 saturated carbocycles. The molecular weight excluding hydrogens is 246 g/mol. The van der Waals surface area contributed by atoms with Gasteiger partial charge in [-0.2, -0.15) is 0 Å². The number of thioether (sulfide) groups is 1. The van der Waals surface area contributed by atoms with Gasteiger partial charge in [0.15, 0.2) is 0 Å². The lowest BCUT2D eigenvalue weighted by atomic mass is 10.3. The molecule has 0 bridgehead atoms. The first-order valence-corrected chi connectivity index (χ1v) is 6.90. The average molecular weight is 263 g/mol. The number of nitrogens with one attached hydrogen (secondary N) is 1. The van der Waals surface area contributed by atoms with E-state index < -0.39 is 0 Å². The predicted octanol–water partition coefficient (Wildman–Crippen LogP) is 2.57. The van der Waals surface area contributed by atoms with Gasteiger partial charge < -0.3 is 9.73 Å². The van der Waals surface area contributed by atoms with E-state index in [1.165, 1.54) is 5.56 Å². The third-order valence-electron chi connectivity index (χ3n) is 2.57. The lowest BCUT2D eigenvalue weighted by Gasteiger charge is -2.02.